The van der Waals surface area contributed by atoms with E-state index < -0.39 is 10.0 Å². The highest BCUT2D eigenvalue weighted by molar-refractivity contribution is 7.88. The van der Waals surface area contributed by atoms with Crippen molar-refractivity contribution in [2.24, 2.45) is 0 Å². The molecule has 0 spiro atoms. The molecule has 0 radical (unpaired) electrons. The van der Waals surface area contributed by atoms with E-state index in [4.69, 9.17) is 11.6 Å². The molecule has 1 aliphatic rings. The zero-order valence-corrected chi connectivity index (χ0v) is 13.5. The minimum Gasteiger partial charge on any atom is -0.341 e. The van der Waals surface area contributed by atoms with Crippen molar-refractivity contribution in [3.8, 4) is 0 Å². The first-order valence-corrected chi connectivity index (χ1v) is 9.10. The van der Waals surface area contributed by atoms with Crippen LogP contribution in [0.1, 0.15) is 18.4 Å². The molecule has 7 heteroatoms. The van der Waals surface area contributed by atoms with Gasteiger partial charge in [0, 0.05) is 24.2 Å². The lowest BCUT2D eigenvalue weighted by atomic mass is 10.1. The SMILES string of the molecule is CS(=O)(=O)N[C@@H]1CCCN(C(=O)Cc2ccc(Cl)cc2)C1. The van der Waals surface area contributed by atoms with E-state index in [0.29, 0.717) is 24.5 Å². The number of amides is 1. The maximum Gasteiger partial charge on any atom is 0.227 e. The zero-order valence-electron chi connectivity index (χ0n) is 11.9. The van der Waals surface area contributed by atoms with Crippen LogP contribution in [0.15, 0.2) is 24.3 Å². The lowest BCUT2D eigenvalue weighted by Crippen LogP contribution is -2.49. The molecular weight excluding hydrogens is 312 g/mol. The lowest BCUT2D eigenvalue weighted by Gasteiger charge is -2.32. The van der Waals surface area contributed by atoms with Gasteiger partial charge in [0.25, 0.3) is 0 Å². The molecule has 0 aromatic heterocycles. The summed E-state index contributed by atoms with van der Waals surface area (Å²) in [5.74, 6) is 0.0114. The van der Waals surface area contributed by atoms with E-state index in [2.05, 4.69) is 4.72 Å². The van der Waals surface area contributed by atoms with Crippen molar-refractivity contribution in [3.63, 3.8) is 0 Å². The van der Waals surface area contributed by atoms with Gasteiger partial charge in [-0.15, -0.1) is 0 Å². The maximum absolute atomic E-state index is 12.3. The summed E-state index contributed by atoms with van der Waals surface area (Å²) in [6, 6.07) is 6.98. The minimum absolute atomic E-state index is 0.0114. The summed E-state index contributed by atoms with van der Waals surface area (Å²) in [5, 5.41) is 0.640. The average Bonchev–Trinajstić information content (AvgIpc) is 2.40. The van der Waals surface area contributed by atoms with Crippen LogP contribution in [0, 0.1) is 0 Å². The lowest BCUT2D eigenvalue weighted by molar-refractivity contribution is -0.131. The van der Waals surface area contributed by atoms with Crippen LogP contribution < -0.4 is 4.72 Å². The first-order valence-electron chi connectivity index (χ1n) is 6.83. The van der Waals surface area contributed by atoms with Gasteiger partial charge in [-0.1, -0.05) is 23.7 Å². The quantitative estimate of drug-likeness (QED) is 0.908. The van der Waals surface area contributed by atoms with Crippen molar-refractivity contribution in [1.82, 2.24) is 9.62 Å². The summed E-state index contributed by atoms with van der Waals surface area (Å²) in [6.45, 7) is 1.11. The third kappa shape index (κ3) is 5.30. The molecular formula is C14H19ClN2O3S. The fourth-order valence-corrected chi connectivity index (χ4v) is 3.42. The number of rotatable bonds is 4. The number of piperidine rings is 1. The molecule has 1 aromatic carbocycles. The number of hydrogen-bond donors (Lipinski definition) is 1. The second-order valence-corrected chi connectivity index (χ2v) is 7.59. The highest BCUT2D eigenvalue weighted by atomic mass is 35.5. The van der Waals surface area contributed by atoms with Crippen molar-refractivity contribution in [3.05, 3.63) is 34.9 Å². The molecule has 1 aromatic rings. The van der Waals surface area contributed by atoms with E-state index in [-0.39, 0.29) is 11.9 Å². The summed E-state index contributed by atoms with van der Waals surface area (Å²) < 4.78 is 25.1. The van der Waals surface area contributed by atoms with Gasteiger partial charge in [-0.05, 0) is 30.5 Å². The first kappa shape index (κ1) is 16.3. The van der Waals surface area contributed by atoms with Gasteiger partial charge in [0.15, 0.2) is 0 Å². The Bertz CT molecular complexity index is 601. The summed E-state index contributed by atoms with van der Waals surface area (Å²) >= 11 is 5.82. The molecule has 1 atom stereocenters. The van der Waals surface area contributed by atoms with Crippen molar-refractivity contribution in [2.45, 2.75) is 25.3 Å². The summed E-state index contributed by atoms with van der Waals surface area (Å²) in [4.78, 5) is 14.0. The number of hydrogen-bond acceptors (Lipinski definition) is 3. The number of sulfonamides is 1. The number of carbonyl (C=O) groups is 1. The van der Waals surface area contributed by atoms with Gasteiger partial charge in [-0.3, -0.25) is 4.79 Å². The average molecular weight is 331 g/mol. The molecule has 1 heterocycles. The molecule has 1 saturated heterocycles. The van der Waals surface area contributed by atoms with Gasteiger partial charge in [-0.2, -0.15) is 0 Å². The number of likely N-dealkylation sites (tertiary alicyclic amines) is 1. The highest BCUT2D eigenvalue weighted by Crippen LogP contribution is 2.14. The molecule has 0 unspecified atom stereocenters. The second-order valence-electron chi connectivity index (χ2n) is 5.37. The first-order chi connectivity index (χ1) is 9.83. The minimum atomic E-state index is -3.24. The molecule has 1 aliphatic heterocycles. The molecule has 5 nitrogen and oxygen atoms in total. The van der Waals surface area contributed by atoms with E-state index in [1.54, 1.807) is 17.0 Å². The molecule has 21 heavy (non-hydrogen) atoms. The van der Waals surface area contributed by atoms with Crippen LogP contribution in [0.4, 0.5) is 0 Å². The second kappa shape index (κ2) is 6.77. The van der Waals surface area contributed by atoms with E-state index in [1.165, 1.54) is 0 Å². The van der Waals surface area contributed by atoms with Gasteiger partial charge < -0.3 is 4.90 Å². The fraction of sp³-hybridized carbons (Fsp3) is 0.500. The maximum atomic E-state index is 12.3. The summed E-state index contributed by atoms with van der Waals surface area (Å²) in [6.07, 6.45) is 3.02. The molecule has 0 bridgehead atoms. The molecule has 2 rings (SSSR count). The Hall–Kier alpha value is -1.11. The summed E-state index contributed by atoms with van der Waals surface area (Å²) in [5.41, 5.74) is 0.905. The predicted molar refractivity (Wildman–Crippen MR) is 82.7 cm³/mol. The Labute approximate surface area is 130 Å². The van der Waals surface area contributed by atoms with Gasteiger partial charge in [0.05, 0.1) is 12.7 Å². The van der Waals surface area contributed by atoms with Crippen LogP contribution in [0.25, 0.3) is 0 Å². The summed E-state index contributed by atoms with van der Waals surface area (Å²) in [7, 11) is -3.24. The number of benzene rings is 1. The van der Waals surface area contributed by atoms with Gasteiger partial charge >= 0.3 is 0 Å². The van der Waals surface area contributed by atoms with Gasteiger partial charge in [0.1, 0.15) is 0 Å². The predicted octanol–water partition coefficient (Wildman–Crippen LogP) is 1.42. The Morgan fingerprint density at radius 1 is 1.38 bits per heavy atom. The largest absolute Gasteiger partial charge is 0.341 e. The smallest absolute Gasteiger partial charge is 0.227 e. The Balaban J connectivity index is 1.94. The molecule has 1 fully saturated rings. The number of nitrogens with zero attached hydrogens (tertiary/aromatic N) is 1. The number of halogens is 1. The van der Waals surface area contributed by atoms with Crippen LogP contribution in [-0.2, 0) is 21.2 Å². The zero-order chi connectivity index (χ0) is 15.5. The molecule has 1 amide bonds. The van der Waals surface area contributed by atoms with Crippen LogP contribution in [0.5, 0.6) is 0 Å². The number of carbonyl (C=O) groups excluding carboxylic acids is 1. The van der Waals surface area contributed by atoms with Crippen LogP contribution in [0.2, 0.25) is 5.02 Å². The van der Waals surface area contributed by atoms with Crippen molar-refractivity contribution in [1.29, 1.82) is 0 Å². The topological polar surface area (TPSA) is 66.5 Å². The molecule has 0 saturated carbocycles. The Kier molecular flexibility index (Phi) is 5.24. The normalized spacial score (nSPS) is 19.5. The van der Waals surface area contributed by atoms with Gasteiger partial charge in [0.2, 0.25) is 15.9 Å². The van der Waals surface area contributed by atoms with Crippen molar-refractivity contribution in [2.75, 3.05) is 19.3 Å². The van der Waals surface area contributed by atoms with Crippen LogP contribution in [0.3, 0.4) is 0 Å². The Morgan fingerprint density at radius 3 is 2.67 bits per heavy atom. The van der Waals surface area contributed by atoms with E-state index in [9.17, 15) is 13.2 Å². The van der Waals surface area contributed by atoms with Crippen molar-refractivity contribution < 1.29 is 13.2 Å². The van der Waals surface area contributed by atoms with E-state index in [1.807, 2.05) is 12.1 Å². The Morgan fingerprint density at radius 2 is 2.05 bits per heavy atom. The third-order valence-corrected chi connectivity index (χ3v) is 4.44. The molecule has 116 valence electrons. The monoisotopic (exact) mass is 330 g/mol. The number of nitrogens with one attached hydrogen (secondary N) is 1. The fourth-order valence-electron chi connectivity index (χ4n) is 2.49. The third-order valence-electron chi connectivity index (χ3n) is 3.42. The van der Waals surface area contributed by atoms with E-state index >= 15 is 0 Å². The van der Waals surface area contributed by atoms with Crippen molar-refractivity contribution >= 4 is 27.5 Å². The van der Waals surface area contributed by atoms with Crippen LogP contribution >= 0.6 is 11.6 Å². The standard InChI is InChI=1S/C14H19ClN2O3S/c1-21(19,20)16-13-3-2-8-17(10-13)14(18)9-11-4-6-12(15)7-5-11/h4-7,13,16H,2-3,8-10H2,1H3/t13-/m1/s1. The van der Waals surface area contributed by atoms with Gasteiger partial charge in [-0.25, -0.2) is 13.1 Å². The molecule has 1 N–H and O–H groups in total. The molecule has 0 aliphatic carbocycles. The highest BCUT2D eigenvalue weighted by Gasteiger charge is 2.25. The van der Waals surface area contributed by atoms with Crippen LogP contribution in [-0.4, -0.2) is 44.6 Å². The van der Waals surface area contributed by atoms with E-state index in [0.717, 1.165) is 24.7 Å².